The summed E-state index contributed by atoms with van der Waals surface area (Å²) in [4.78, 5) is 16.2. The average molecular weight is 360 g/mol. The molecule has 2 aromatic carbocycles. The van der Waals surface area contributed by atoms with E-state index in [1.807, 2.05) is 36.4 Å². The normalized spacial score (nSPS) is 11.4. The Morgan fingerprint density at radius 1 is 1.00 bits per heavy atom. The number of aliphatic imine (C=N–C) groups is 1. The van der Waals surface area contributed by atoms with Gasteiger partial charge in [-0.15, -0.1) is 0 Å². The smallest absolute Gasteiger partial charge is 0.250 e. The average Bonchev–Trinajstić information content (AvgIpc) is 2.66. The van der Waals surface area contributed by atoms with E-state index >= 15 is 0 Å². The van der Waals surface area contributed by atoms with Crippen LogP contribution in [-0.2, 0) is 13.1 Å². The van der Waals surface area contributed by atoms with E-state index < -0.39 is 0 Å². The first-order valence-electron chi connectivity index (χ1n) is 8.89. The molecule has 0 aliphatic carbocycles. The van der Waals surface area contributed by atoms with E-state index in [4.69, 9.17) is 5.73 Å². The van der Waals surface area contributed by atoms with Crippen LogP contribution < -0.4 is 16.6 Å². The van der Waals surface area contributed by atoms with Gasteiger partial charge in [-0.05, 0) is 54.3 Å². The third-order valence-corrected chi connectivity index (χ3v) is 4.49. The van der Waals surface area contributed by atoms with Crippen molar-refractivity contribution < 1.29 is 0 Å². The molecule has 0 aliphatic heterocycles. The molecule has 0 bridgehead atoms. The summed E-state index contributed by atoms with van der Waals surface area (Å²) in [6.45, 7) is 5.20. The van der Waals surface area contributed by atoms with Crippen LogP contribution in [0.5, 0.6) is 0 Å². The highest BCUT2D eigenvalue weighted by atomic mass is 16.1. The molecule has 0 radical (unpaired) electrons. The van der Waals surface area contributed by atoms with Crippen molar-refractivity contribution in [1.82, 2.24) is 4.57 Å². The molecular weight excluding hydrogens is 336 g/mol. The highest BCUT2D eigenvalue weighted by molar-refractivity contribution is 5.92. The van der Waals surface area contributed by atoms with E-state index in [1.54, 1.807) is 22.9 Å². The SMILES string of the molecule is Cc1ccc(NC(N)=NCc2ccc(Cn3ccccc3=O)cc2)cc1C. The van der Waals surface area contributed by atoms with E-state index in [2.05, 4.69) is 36.3 Å². The molecule has 1 aromatic heterocycles. The zero-order valence-corrected chi connectivity index (χ0v) is 15.6. The molecule has 0 unspecified atom stereocenters. The summed E-state index contributed by atoms with van der Waals surface area (Å²) in [5.74, 6) is 0.387. The molecule has 1 heterocycles. The molecule has 0 spiro atoms. The van der Waals surface area contributed by atoms with Crippen LogP contribution in [0.3, 0.4) is 0 Å². The monoisotopic (exact) mass is 360 g/mol. The second kappa shape index (κ2) is 8.36. The molecule has 5 heteroatoms. The fraction of sp³-hybridized carbons (Fsp3) is 0.182. The Bertz CT molecular complexity index is 1000. The zero-order valence-electron chi connectivity index (χ0n) is 15.6. The molecule has 0 fully saturated rings. The summed E-state index contributed by atoms with van der Waals surface area (Å²) >= 11 is 0. The Hall–Kier alpha value is -3.34. The molecule has 138 valence electrons. The second-order valence-corrected chi connectivity index (χ2v) is 6.61. The number of aryl methyl sites for hydroxylation is 2. The molecule has 0 amide bonds. The largest absolute Gasteiger partial charge is 0.370 e. The highest BCUT2D eigenvalue weighted by Crippen LogP contribution is 2.14. The summed E-state index contributed by atoms with van der Waals surface area (Å²) < 4.78 is 1.68. The standard InChI is InChI=1S/C22H24N4O/c1-16-6-11-20(13-17(16)2)25-22(23)24-14-18-7-9-19(10-8-18)15-26-12-4-3-5-21(26)27/h3-13H,14-15H2,1-2H3,(H3,23,24,25). The summed E-state index contributed by atoms with van der Waals surface area (Å²) in [5, 5.41) is 3.12. The van der Waals surface area contributed by atoms with Crippen LogP contribution >= 0.6 is 0 Å². The Kier molecular flexibility index (Phi) is 5.71. The van der Waals surface area contributed by atoms with Crippen molar-refractivity contribution in [3.63, 3.8) is 0 Å². The van der Waals surface area contributed by atoms with Crippen molar-refractivity contribution >= 4 is 11.6 Å². The van der Waals surface area contributed by atoms with Crippen LogP contribution in [-0.4, -0.2) is 10.5 Å². The van der Waals surface area contributed by atoms with Gasteiger partial charge in [-0.1, -0.05) is 36.4 Å². The van der Waals surface area contributed by atoms with Crippen LogP contribution in [0.2, 0.25) is 0 Å². The number of nitrogens with zero attached hydrogens (tertiary/aromatic N) is 2. The van der Waals surface area contributed by atoms with Crippen LogP contribution in [0.4, 0.5) is 5.69 Å². The van der Waals surface area contributed by atoms with Crippen molar-refractivity contribution in [1.29, 1.82) is 0 Å². The first kappa shape index (κ1) is 18.5. The molecular formula is C22H24N4O. The number of anilines is 1. The number of hydrogen-bond acceptors (Lipinski definition) is 2. The van der Waals surface area contributed by atoms with Crippen LogP contribution in [0.1, 0.15) is 22.3 Å². The molecule has 5 nitrogen and oxygen atoms in total. The lowest BCUT2D eigenvalue weighted by Crippen LogP contribution is -2.22. The maximum absolute atomic E-state index is 11.8. The van der Waals surface area contributed by atoms with Gasteiger partial charge in [0.15, 0.2) is 5.96 Å². The van der Waals surface area contributed by atoms with Crippen molar-refractivity contribution in [2.24, 2.45) is 10.7 Å². The Morgan fingerprint density at radius 3 is 2.44 bits per heavy atom. The number of nitrogens with two attached hydrogens (primary N) is 1. The molecule has 3 N–H and O–H groups in total. The zero-order chi connectivity index (χ0) is 19.2. The summed E-state index contributed by atoms with van der Waals surface area (Å²) in [7, 11) is 0. The second-order valence-electron chi connectivity index (χ2n) is 6.61. The molecule has 0 saturated carbocycles. The third kappa shape index (κ3) is 5.07. The number of nitrogens with one attached hydrogen (secondary N) is 1. The Labute approximate surface area is 159 Å². The van der Waals surface area contributed by atoms with Gasteiger partial charge in [0.1, 0.15) is 0 Å². The van der Waals surface area contributed by atoms with Crippen LogP contribution in [0.15, 0.2) is 76.6 Å². The summed E-state index contributed by atoms with van der Waals surface area (Å²) in [5.41, 5.74) is 11.5. The van der Waals surface area contributed by atoms with Crippen LogP contribution in [0, 0.1) is 13.8 Å². The number of pyridine rings is 1. The summed E-state index contributed by atoms with van der Waals surface area (Å²) in [6.07, 6.45) is 1.79. The number of hydrogen-bond donors (Lipinski definition) is 2. The maximum Gasteiger partial charge on any atom is 0.250 e. The van der Waals surface area contributed by atoms with Crippen molar-refractivity contribution in [2.45, 2.75) is 26.9 Å². The van der Waals surface area contributed by atoms with E-state index in [9.17, 15) is 4.79 Å². The number of aromatic nitrogens is 1. The molecule has 3 rings (SSSR count). The lowest BCUT2D eigenvalue weighted by molar-refractivity contribution is 0.759. The highest BCUT2D eigenvalue weighted by Gasteiger charge is 2.00. The third-order valence-electron chi connectivity index (χ3n) is 4.49. The van der Waals surface area contributed by atoms with Gasteiger partial charge in [0, 0.05) is 18.0 Å². The number of rotatable bonds is 5. The van der Waals surface area contributed by atoms with E-state index in [1.165, 1.54) is 11.1 Å². The molecule has 3 aromatic rings. The molecule has 27 heavy (non-hydrogen) atoms. The van der Waals surface area contributed by atoms with Gasteiger partial charge in [0.2, 0.25) is 0 Å². The van der Waals surface area contributed by atoms with Crippen molar-refractivity contribution in [3.05, 3.63) is 99.5 Å². The summed E-state index contributed by atoms with van der Waals surface area (Å²) in [6, 6.07) is 19.3. The number of guanidine groups is 1. The quantitative estimate of drug-likeness (QED) is 0.541. The van der Waals surface area contributed by atoms with Crippen molar-refractivity contribution in [2.75, 3.05) is 5.32 Å². The fourth-order valence-electron chi connectivity index (χ4n) is 2.72. The van der Waals surface area contributed by atoms with Gasteiger partial charge < -0.3 is 15.6 Å². The Morgan fingerprint density at radius 2 is 1.74 bits per heavy atom. The predicted molar refractivity (Wildman–Crippen MR) is 111 cm³/mol. The first-order chi connectivity index (χ1) is 13.0. The van der Waals surface area contributed by atoms with Crippen LogP contribution in [0.25, 0.3) is 0 Å². The van der Waals surface area contributed by atoms with Gasteiger partial charge in [-0.2, -0.15) is 0 Å². The lowest BCUT2D eigenvalue weighted by Gasteiger charge is -2.08. The fourth-order valence-corrected chi connectivity index (χ4v) is 2.72. The van der Waals surface area contributed by atoms with Gasteiger partial charge >= 0.3 is 0 Å². The van der Waals surface area contributed by atoms with Gasteiger partial charge in [0.05, 0.1) is 13.1 Å². The minimum absolute atomic E-state index is 0.00336. The Balaban J connectivity index is 1.60. The minimum Gasteiger partial charge on any atom is -0.370 e. The molecule has 0 aliphatic rings. The molecule has 0 atom stereocenters. The predicted octanol–water partition coefficient (Wildman–Crippen LogP) is 3.44. The topological polar surface area (TPSA) is 72.4 Å². The van der Waals surface area contributed by atoms with Crippen molar-refractivity contribution in [3.8, 4) is 0 Å². The minimum atomic E-state index is -0.00336. The van der Waals surface area contributed by atoms with E-state index in [-0.39, 0.29) is 5.56 Å². The lowest BCUT2D eigenvalue weighted by atomic mass is 10.1. The van der Waals surface area contributed by atoms with Gasteiger partial charge in [-0.3, -0.25) is 4.79 Å². The van der Waals surface area contributed by atoms with E-state index in [0.29, 0.717) is 19.0 Å². The first-order valence-corrected chi connectivity index (χ1v) is 8.89. The molecule has 0 saturated heterocycles. The van der Waals surface area contributed by atoms with Gasteiger partial charge in [-0.25, -0.2) is 4.99 Å². The van der Waals surface area contributed by atoms with Gasteiger partial charge in [0.25, 0.3) is 5.56 Å². The maximum atomic E-state index is 11.8. The number of benzene rings is 2. The van der Waals surface area contributed by atoms with E-state index in [0.717, 1.165) is 16.8 Å².